The Balaban J connectivity index is 2.05. The first-order valence-corrected chi connectivity index (χ1v) is 7.28. The average Bonchev–Trinajstić information content (AvgIpc) is 2.43. The summed E-state index contributed by atoms with van der Waals surface area (Å²) >= 11 is 5.48. The predicted molar refractivity (Wildman–Crippen MR) is 83.6 cm³/mol. The molecule has 0 unspecified atom stereocenters. The number of nitrogens with one attached hydrogen (secondary N) is 1. The van der Waals surface area contributed by atoms with Crippen LogP contribution in [0.2, 0.25) is 0 Å². The van der Waals surface area contributed by atoms with Crippen molar-refractivity contribution in [2.75, 3.05) is 18.5 Å². The molecule has 0 aromatic heterocycles. The van der Waals surface area contributed by atoms with Gasteiger partial charge in [-0.15, -0.1) is 0 Å². The molecule has 104 valence electrons. The van der Waals surface area contributed by atoms with E-state index in [9.17, 15) is 5.11 Å². The zero-order chi connectivity index (χ0) is 13.8. The quantitative estimate of drug-likeness (QED) is 0.816. The lowest BCUT2D eigenvalue weighted by Crippen LogP contribution is -2.47. The smallest absolute Gasteiger partial charge is 0.173 e. The highest BCUT2D eigenvalue weighted by Crippen LogP contribution is 2.19. The molecule has 0 amide bonds. The second-order valence-electron chi connectivity index (χ2n) is 5.25. The Hall–Kier alpha value is -1.13. The van der Waals surface area contributed by atoms with Crippen LogP contribution in [0.5, 0.6) is 0 Å². The standard InChI is InChI=1S/C15H22N2OS/c1-11-6-7-13(9-12(11)2)16-15(19)17-8-4-3-5-14(17)10-18/h6-7,9,14,18H,3-5,8,10H2,1-2H3,(H,16,19)/t14-/m0/s1. The van der Waals surface area contributed by atoms with Gasteiger partial charge in [0.1, 0.15) is 0 Å². The fourth-order valence-corrected chi connectivity index (χ4v) is 2.83. The van der Waals surface area contributed by atoms with Crippen LogP contribution in [0.3, 0.4) is 0 Å². The lowest BCUT2D eigenvalue weighted by atomic mass is 10.0. The van der Waals surface area contributed by atoms with Crippen molar-refractivity contribution in [2.45, 2.75) is 39.2 Å². The highest BCUT2D eigenvalue weighted by atomic mass is 32.1. The maximum Gasteiger partial charge on any atom is 0.173 e. The van der Waals surface area contributed by atoms with E-state index in [0.717, 1.165) is 30.2 Å². The molecule has 1 saturated heterocycles. The predicted octanol–water partition coefficient (Wildman–Crippen LogP) is 2.85. The molecule has 1 heterocycles. The molecule has 1 aromatic rings. The number of nitrogens with zero attached hydrogens (tertiary/aromatic N) is 1. The van der Waals surface area contributed by atoms with E-state index in [1.165, 1.54) is 17.5 Å². The minimum absolute atomic E-state index is 0.167. The van der Waals surface area contributed by atoms with Crippen LogP contribution in [0.15, 0.2) is 18.2 Å². The van der Waals surface area contributed by atoms with Gasteiger partial charge in [-0.2, -0.15) is 0 Å². The molecule has 1 aromatic carbocycles. The Morgan fingerprint density at radius 2 is 2.16 bits per heavy atom. The van der Waals surface area contributed by atoms with Crippen molar-refractivity contribution < 1.29 is 5.11 Å². The lowest BCUT2D eigenvalue weighted by molar-refractivity contribution is 0.149. The van der Waals surface area contributed by atoms with Crippen molar-refractivity contribution >= 4 is 23.0 Å². The van der Waals surface area contributed by atoms with Crippen LogP contribution >= 0.6 is 12.2 Å². The number of rotatable bonds is 2. The summed E-state index contributed by atoms with van der Waals surface area (Å²) in [5.41, 5.74) is 3.56. The minimum atomic E-state index is 0.167. The number of aliphatic hydroxyl groups is 1. The third-order valence-electron chi connectivity index (χ3n) is 3.86. The van der Waals surface area contributed by atoms with Crippen LogP contribution in [0.25, 0.3) is 0 Å². The summed E-state index contributed by atoms with van der Waals surface area (Å²) in [7, 11) is 0. The van der Waals surface area contributed by atoms with E-state index in [0.29, 0.717) is 0 Å². The number of benzene rings is 1. The highest BCUT2D eigenvalue weighted by molar-refractivity contribution is 7.80. The van der Waals surface area contributed by atoms with E-state index in [-0.39, 0.29) is 12.6 Å². The number of anilines is 1. The second-order valence-corrected chi connectivity index (χ2v) is 5.64. The fourth-order valence-electron chi connectivity index (χ4n) is 2.47. The maximum atomic E-state index is 9.43. The van der Waals surface area contributed by atoms with E-state index < -0.39 is 0 Å². The summed E-state index contributed by atoms with van der Waals surface area (Å²) in [6.07, 6.45) is 3.34. The molecule has 0 spiro atoms. The molecule has 1 aliphatic rings. The number of hydrogen-bond donors (Lipinski definition) is 2. The first-order chi connectivity index (χ1) is 9.11. The van der Waals surface area contributed by atoms with Gasteiger partial charge in [0.2, 0.25) is 0 Å². The molecule has 0 aliphatic carbocycles. The van der Waals surface area contributed by atoms with E-state index in [2.05, 4.69) is 36.2 Å². The van der Waals surface area contributed by atoms with Crippen molar-refractivity contribution in [1.29, 1.82) is 0 Å². The molecular weight excluding hydrogens is 256 g/mol. The van der Waals surface area contributed by atoms with Crippen LogP contribution in [0.4, 0.5) is 5.69 Å². The number of likely N-dealkylation sites (tertiary alicyclic amines) is 1. The van der Waals surface area contributed by atoms with Crippen LogP contribution in [0, 0.1) is 13.8 Å². The summed E-state index contributed by atoms with van der Waals surface area (Å²) in [5.74, 6) is 0. The minimum Gasteiger partial charge on any atom is -0.394 e. The van der Waals surface area contributed by atoms with Crippen LogP contribution in [-0.4, -0.2) is 34.3 Å². The van der Waals surface area contributed by atoms with E-state index in [1.807, 2.05) is 6.07 Å². The SMILES string of the molecule is Cc1ccc(NC(=S)N2CCCC[C@H]2CO)cc1C. The van der Waals surface area contributed by atoms with Crippen molar-refractivity contribution in [3.05, 3.63) is 29.3 Å². The van der Waals surface area contributed by atoms with Gasteiger partial charge in [0, 0.05) is 12.2 Å². The van der Waals surface area contributed by atoms with Gasteiger partial charge in [0.25, 0.3) is 0 Å². The van der Waals surface area contributed by atoms with E-state index >= 15 is 0 Å². The van der Waals surface area contributed by atoms with Crippen LogP contribution < -0.4 is 5.32 Å². The van der Waals surface area contributed by atoms with Gasteiger partial charge in [0.15, 0.2) is 5.11 Å². The van der Waals surface area contributed by atoms with Crippen LogP contribution in [0.1, 0.15) is 30.4 Å². The Labute approximate surface area is 120 Å². The molecule has 0 bridgehead atoms. The van der Waals surface area contributed by atoms with Crippen molar-refractivity contribution in [1.82, 2.24) is 4.90 Å². The number of piperidine rings is 1. The van der Waals surface area contributed by atoms with E-state index in [1.54, 1.807) is 0 Å². The first kappa shape index (κ1) is 14.3. The number of hydrogen-bond acceptors (Lipinski definition) is 2. The molecule has 1 atom stereocenters. The molecule has 3 nitrogen and oxygen atoms in total. The summed E-state index contributed by atoms with van der Waals surface area (Å²) < 4.78 is 0. The molecular formula is C15H22N2OS. The Bertz CT molecular complexity index is 461. The summed E-state index contributed by atoms with van der Waals surface area (Å²) in [6.45, 7) is 5.31. The van der Waals surface area contributed by atoms with Gasteiger partial charge in [-0.05, 0) is 68.6 Å². The van der Waals surface area contributed by atoms with Gasteiger partial charge < -0.3 is 15.3 Å². The molecule has 4 heteroatoms. The first-order valence-electron chi connectivity index (χ1n) is 6.87. The lowest BCUT2D eigenvalue weighted by Gasteiger charge is -2.36. The second kappa shape index (κ2) is 6.35. The Morgan fingerprint density at radius 1 is 1.37 bits per heavy atom. The number of aliphatic hydroxyl groups excluding tert-OH is 1. The normalized spacial score (nSPS) is 19.3. The molecule has 0 radical (unpaired) electrons. The third kappa shape index (κ3) is 3.45. The Kier molecular flexibility index (Phi) is 4.77. The summed E-state index contributed by atoms with van der Waals surface area (Å²) in [5, 5.41) is 13.4. The zero-order valence-electron chi connectivity index (χ0n) is 11.6. The van der Waals surface area contributed by atoms with Gasteiger partial charge in [-0.1, -0.05) is 6.07 Å². The van der Waals surface area contributed by atoms with Crippen molar-refractivity contribution in [2.24, 2.45) is 0 Å². The average molecular weight is 278 g/mol. The van der Waals surface area contributed by atoms with Gasteiger partial charge in [0.05, 0.1) is 12.6 Å². The van der Waals surface area contributed by atoms with Crippen molar-refractivity contribution in [3.8, 4) is 0 Å². The molecule has 1 aliphatic heterocycles. The zero-order valence-corrected chi connectivity index (χ0v) is 12.5. The highest BCUT2D eigenvalue weighted by Gasteiger charge is 2.23. The fraction of sp³-hybridized carbons (Fsp3) is 0.533. The van der Waals surface area contributed by atoms with Crippen molar-refractivity contribution in [3.63, 3.8) is 0 Å². The van der Waals surface area contributed by atoms with Gasteiger partial charge >= 0.3 is 0 Å². The summed E-state index contributed by atoms with van der Waals surface area (Å²) in [4.78, 5) is 2.12. The van der Waals surface area contributed by atoms with Crippen LogP contribution in [-0.2, 0) is 0 Å². The molecule has 2 N–H and O–H groups in total. The topological polar surface area (TPSA) is 35.5 Å². The molecule has 0 saturated carbocycles. The Morgan fingerprint density at radius 3 is 2.84 bits per heavy atom. The summed E-state index contributed by atoms with van der Waals surface area (Å²) in [6, 6.07) is 6.42. The largest absolute Gasteiger partial charge is 0.394 e. The number of thiocarbonyl (C=S) groups is 1. The number of aryl methyl sites for hydroxylation is 2. The molecule has 1 fully saturated rings. The third-order valence-corrected chi connectivity index (χ3v) is 4.19. The monoisotopic (exact) mass is 278 g/mol. The van der Waals surface area contributed by atoms with Gasteiger partial charge in [-0.25, -0.2) is 0 Å². The van der Waals surface area contributed by atoms with E-state index in [4.69, 9.17) is 12.2 Å². The maximum absolute atomic E-state index is 9.43. The molecule has 19 heavy (non-hydrogen) atoms. The molecule has 2 rings (SSSR count). The van der Waals surface area contributed by atoms with Gasteiger partial charge in [-0.3, -0.25) is 0 Å².